The quantitative estimate of drug-likeness (QED) is 0.664. The minimum absolute atomic E-state index is 0.144. The highest BCUT2D eigenvalue weighted by Crippen LogP contribution is 2.31. The van der Waals surface area contributed by atoms with Gasteiger partial charge in [-0.3, -0.25) is 4.79 Å². The third kappa shape index (κ3) is 4.21. The van der Waals surface area contributed by atoms with E-state index >= 15 is 0 Å². The first-order valence-electron chi connectivity index (χ1n) is 9.04. The van der Waals surface area contributed by atoms with Crippen molar-refractivity contribution in [3.05, 3.63) is 58.4 Å². The first kappa shape index (κ1) is 20.0. The number of aryl methyl sites for hydroxylation is 2. The molecule has 1 aromatic heterocycles. The lowest BCUT2D eigenvalue weighted by Gasteiger charge is -2.14. The van der Waals surface area contributed by atoms with Crippen molar-refractivity contribution in [2.75, 3.05) is 6.61 Å². The van der Waals surface area contributed by atoms with E-state index in [9.17, 15) is 9.90 Å². The molecule has 0 aliphatic heterocycles. The highest BCUT2D eigenvalue weighted by atomic mass is 35.5. The number of hydrogen-bond acceptors (Lipinski definition) is 5. The van der Waals surface area contributed by atoms with Crippen molar-refractivity contribution in [3.8, 4) is 16.8 Å². The summed E-state index contributed by atoms with van der Waals surface area (Å²) in [6, 6.07) is 10.8. The zero-order valence-electron chi connectivity index (χ0n) is 16.0. The summed E-state index contributed by atoms with van der Waals surface area (Å²) in [6.07, 6.45) is 0.644. The van der Waals surface area contributed by atoms with Crippen molar-refractivity contribution in [2.24, 2.45) is 0 Å². The van der Waals surface area contributed by atoms with E-state index in [1.54, 1.807) is 23.7 Å². The van der Waals surface area contributed by atoms with Crippen LogP contribution in [0.25, 0.3) is 16.8 Å². The van der Waals surface area contributed by atoms with Crippen LogP contribution in [-0.4, -0.2) is 43.9 Å². The fraction of sp³-hybridized carbons (Fsp3) is 0.300. The lowest BCUT2D eigenvalue weighted by atomic mass is 10.00. The van der Waals surface area contributed by atoms with Crippen molar-refractivity contribution in [2.45, 2.75) is 33.2 Å². The molecule has 0 saturated heterocycles. The lowest BCUT2D eigenvalue weighted by Crippen LogP contribution is -2.35. The molecular weight excluding hydrogens is 378 g/mol. The van der Waals surface area contributed by atoms with E-state index < -0.39 is 0 Å². The molecular formula is C20H22ClN5O2. The van der Waals surface area contributed by atoms with E-state index in [1.165, 1.54) is 0 Å². The van der Waals surface area contributed by atoms with Gasteiger partial charge in [-0.05, 0) is 59.7 Å². The number of benzene rings is 2. The van der Waals surface area contributed by atoms with Crippen LogP contribution >= 0.6 is 11.6 Å². The van der Waals surface area contributed by atoms with E-state index in [1.807, 2.05) is 38.1 Å². The van der Waals surface area contributed by atoms with E-state index in [0.717, 1.165) is 16.7 Å². The maximum Gasteiger partial charge on any atom is 0.251 e. The summed E-state index contributed by atoms with van der Waals surface area (Å²) in [4.78, 5) is 12.7. The Hall–Kier alpha value is -2.77. The Kier molecular flexibility index (Phi) is 6.06. The summed E-state index contributed by atoms with van der Waals surface area (Å²) < 4.78 is 1.61. The molecule has 146 valence electrons. The average molecular weight is 400 g/mol. The number of carbonyl (C=O) groups excluding carboxylic acids is 1. The number of nitrogens with one attached hydrogen (secondary N) is 1. The number of halogens is 1. The second kappa shape index (κ2) is 8.50. The predicted molar refractivity (Wildman–Crippen MR) is 108 cm³/mol. The number of aromatic nitrogens is 4. The standard InChI is InChI=1S/C20H22ClN5O2/c1-4-19-23-24-25-26(19)16-9-14(17-6-5-12(2)7-18(17)21)8-15(10-16)20(28)22-13(3)11-27/h5-10,13,27H,4,11H2,1-3H3,(H,22,28)/t13-/m0/s1. The third-order valence-electron chi connectivity index (χ3n) is 4.36. The third-order valence-corrected chi connectivity index (χ3v) is 4.67. The molecule has 2 N–H and O–H groups in total. The summed E-state index contributed by atoms with van der Waals surface area (Å²) >= 11 is 6.46. The van der Waals surface area contributed by atoms with Crippen LogP contribution in [0.5, 0.6) is 0 Å². The summed E-state index contributed by atoms with van der Waals surface area (Å²) in [5, 5.41) is 24.4. The van der Waals surface area contributed by atoms with Crippen LogP contribution in [0, 0.1) is 6.92 Å². The molecule has 0 aliphatic rings. The SMILES string of the molecule is CCc1nnnn1-c1cc(C(=O)N[C@@H](C)CO)cc(-c2ccc(C)cc2Cl)c1. The normalized spacial score (nSPS) is 12.0. The van der Waals surface area contributed by atoms with Crippen molar-refractivity contribution in [1.29, 1.82) is 0 Å². The molecule has 1 heterocycles. The molecule has 0 aliphatic carbocycles. The highest BCUT2D eigenvalue weighted by molar-refractivity contribution is 6.33. The van der Waals surface area contributed by atoms with Crippen LogP contribution in [0.3, 0.4) is 0 Å². The zero-order valence-corrected chi connectivity index (χ0v) is 16.7. The monoisotopic (exact) mass is 399 g/mol. The second-order valence-corrected chi connectivity index (χ2v) is 7.08. The Labute approximate surface area is 168 Å². The molecule has 7 nitrogen and oxygen atoms in total. The van der Waals surface area contributed by atoms with E-state index in [4.69, 9.17) is 11.6 Å². The molecule has 0 saturated carbocycles. The van der Waals surface area contributed by atoms with Crippen LogP contribution in [0.1, 0.15) is 35.6 Å². The van der Waals surface area contributed by atoms with E-state index in [2.05, 4.69) is 20.8 Å². The van der Waals surface area contributed by atoms with Gasteiger partial charge in [-0.2, -0.15) is 4.68 Å². The van der Waals surface area contributed by atoms with Crippen molar-refractivity contribution in [1.82, 2.24) is 25.5 Å². The number of tetrazole rings is 1. The van der Waals surface area contributed by atoms with Crippen LogP contribution in [0.4, 0.5) is 0 Å². The predicted octanol–water partition coefficient (Wildman–Crippen LogP) is 2.96. The molecule has 8 heteroatoms. The fourth-order valence-corrected chi connectivity index (χ4v) is 3.20. The minimum Gasteiger partial charge on any atom is -0.394 e. The molecule has 0 bridgehead atoms. The number of aliphatic hydroxyl groups excluding tert-OH is 1. The van der Waals surface area contributed by atoms with Crippen LogP contribution in [-0.2, 0) is 6.42 Å². The number of nitrogens with zero attached hydrogens (tertiary/aromatic N) is 4. The molecule has 0 spiro atoms. The Balaban J connectivity index is 2.15. The zero-order chi connectivity index (χ0) is 20.3. The van der Waals surface area contributed by atoms with Gasteiger partial charge in [0.15, 0.2) is 5.82 Å². The molecule has 0 fully saturated rings. The Morgan fingerprint density at radius 2 is 2.07 bits per heavy atom. The van der Waals surface area contributed by atoms with E-state index in [0.29, 0.717) is 28.5 Å². The number of amides is 1. The van der Waals surface area contributed by atoms with Gasteiger partial charge in [-0.15, -0.1) is 5.10 Å². The number of rotatable bonds is 6. The largest absolute Gasteiger partial charge is 0.394 e. The van der Waals surface area contributed by atoms with Gasteiger partial charge in [0, 0.05) is 28.6 Å². The molecule has 0 radical (unpaired) electrons. The lowest BCUT2D eigenvalue weighted by molar-refractivity contribution is 0.0922. The Morgan fingerprint density at radius 3 is 2.75 bits per heavy atom. The smallest absolute Gasteiger partial charge is 0.251 e. The van der Waals surface area contributed by atoms with Gasteiger partial charge in [-0.1, -0.05) is 30.7 Å². The molecule has 2 aromatic carbocycles. The topological polar surface area (TPSA) is 92.9 Å². The first-order valence-corrected chi connectivity index (χ1v) is 9.41. The first-order chi connectivity index (χ1) is 13.4. The van der Waals surface area contributed by atoms with Gasteiger partial charge in [0.1, 0.15) is 0 Å². The van der Waals surface area contributed by atoms with Gasteiger partial charge >= 0.3 is 0 Å². The van der Waals surface area contributed by atoms with Gasteiger partial charge in [0.2, 0.25) is 0 Å². The molecule has 0 unspecified atom stereocenters. The Morgan fingerprint density at radius 1 is 1.29 bits per heavy atom. The van der Waals surface area contributed by atoms with Crippen molar-refractivity contribution in [3.63, 3.8) is 0 Å². The van der Waals surface area contributed by atoms with Gasteiger partial charge in [0.25, 0.3) is 5.91 Å². The van der Waals surface area contributed by atoms with Crippen molar-refractivity contribution >= 4 is 17.5 Å². The van der Waals surface area contributed by atoms with Gasteiger partial charge in [0.05, 0.1) is 12.3 Å². The van der Waals surface area contributed by atoms with Crippen LogP contribution in [0.2, 0.25) is 5.02 Å². The minimum atomic E-state index is -0.359. The van der Waals surface area contributed by atoms with E-state index in [-0.39, 0.29) is 18.6 Å². The molecule has 28 heavy (non-hydrogen) atoms. The number of hydrogen-bond donors (Lipinski definition) is 2. The average Bonchev–Trinajstić information content (AvgIpc) is 3.16. The fourth-order valence-electron chi connectivity index (χ4n) is 2.85. The number of carbonyl (C=O) groups is 1. The summed E-state index contributed by atoms with van der Waals surface area (Å²) in [7, 11) is 0. The van der Waals surface area contributed by atoms with Crippen molar-refractivity contribution < 1.29 is 9.90 Å². The molecule has 1 amide bonds. The summed E-state index contributed by atoms with van der Waals surface area (Å²) in [5.41, 5.74) is 3.74. The summed E-state index contributed by atoms with van der Waals surface area (Å²) in [5.74, 6) is 0.390. The van der Waals surface area contributed by atoms with Crippen LogP contribution < -0.4 is 5.32 Å². The number of aliphatic hydroxyl groups is 1. The molecule has 3 aromatic rings. The molecule has 1 atom stereocenters. The van der Waals surface area contributed by atoms with Crippen LogP contribution in [0.15, 0.2) is 36.4 Å². The second-order valence-electron chi connectivity index (χ2n) is 6.67. The maximum atomic E-state index is 12.7. The van der Waals surface area contributed by atoms with Gasteiger partial charge < -0.3 is 10.4 Å². The maximum absolute atomic E-state index is 12.7. The molecule has 3 rings (SSSR count). The Bertz CT molecular complexity index is 1000. The summed E-state index contributed by atoms with van der Waals surface area (Å²) in [6.45, 7) is 5.51. The highest BCUT2D eigenvalue weighted by Gasteiger charge is 2.16. The van der Waals surface area contributed by atoms with Gasteiger partial charge in [-0.25, -0.2) is 0 Å².